The molecular formula is C14H19NO5. The van der Waals surface area contributed by atoms with E-state index in [9.17, 15) is 9.59 Å². The van der Waals surface area contributed by atoms with Crippen molar-refractivity contribution in [3.63, 3.8) is 0 Å². The van der Waals surface area contributed by atoms with Gasteiger partial charge in [0.05, 0.1) is 26.9 Å². The van der Waals surface area contributed by atoms with Gasteiger partial charge in [0, 0.05) is 18.9 Å². The van der Waals surface area contributed by atoms with Crippen LogP contribution in [-0.2, 0) is 4.79 Å². The molecule has 0 radical (unpaired) electrons. The van der Waals surface area contributed by atoms with E-state index in [1.54, 1.807) is 12.1 Å². The molecule has 0 bridgehead atoms. The molecule has 6 heteroatoms. The number of ketones is 1. The fraction of sp³-hybridized carbons (Fsp3) is 0.429. The number of amides is 1. The van der Waals surface area contributed by atoms with Gasteiger partial charge >= 0.3 is 0 Å². The van der Waals surface area contributed by atoms with Gasteiger partial charge < -0.3 is 19.9 Å². The normalized spacial score (nSPS) is 9.95. The van der Waals surface area contributed by atoms with Crippen molar-refractivity contribution in [1.82, 2.24) is 0 Å². The van der Waals surface area contributed by atoms with Crippen molar-refractivity contribution in [3.8, 4) is 17.2 Å². The first-order valence-electron chi connectivity index (χ1n) is 6.15. The Bertz CT molecular complexity index is 499. The number of methoxy groups -OCH3 is 3. The maximum atomic E-state index is 12.1. The number of carbonyl (C=O) groups excluding carboxylic acids is 2. The monoisotopic (exact) mass is 281 g/mol. The predicted molar refractivity (Wildman–Crippen MR) is 73.5 cm³/mol. The molecule has 0 saturated heterocycles. The first kappa shape index (κ1) is 15.8. The van der Waals surface area contributed by atoms with Gasteiger partial charge in [0.2, 0.25) is 5.91 Å². The number of benzene rings is 1. The summed E-state index contributed by atoms with van der Waals surface area (Å²) in [5, 5.41) is 0. The molecule has 0 aromatic heterocycles. The van der Waals surface area contributed by atoms with E-state index in [0.29, 0.717) is 29.2 Å². The van der Waals surface area contributed by atoms with E-state index in [1.807, 2.05) is 0 Å². The molecule has 20 heavy (non-hydrogen) atoms. The first-order chi connectivity index (χ1) is 9.53. The fourth-order valence-electron chi connectivity index (χ4n) is 1.80. The fourth-order valence-corrected chi connectivity index (χ4v) is 1.80. The van der Waals surface area contributed by atoms with Crippen LogP contribution in [0.2, 0.25) is 0 Å². The van der Waals surface area contributed by atoms with Gasteiger partial charge in [-0.3, -0.25) is 9.59 Å². The molecule has 2 N–H and O–H groups in total. The van der Waals surface area contributed by atoms with Crippen molar-refractivity contribution >= 4 is 11.7 Å². The van der Waals surface area contributed by atoms with Gasteiger partial charge in [0.15, 0.2) is 17.3 Å². The highest BCUT2D eigenvalue weighted by atomic mass is 16.5. The Labute approximate surface area is 117 Å². The van der Waals surface area contributed by atoms with Crippen LogP contribution in [0.3, 0.4) is 0 Å². The lowest BCUT2D eigenvalue weighted by Crippen LogP contribution is -2.11. The highest BCUT2D eigenvalue weighted by Crippen LogP contribution is 2.35. The molecule has 0 atom stereocenters. The van der Waals surface area contributed by atoms with Gasteiger partial charge in [0.25, 0.3) is 0 Å². The van der Waals surface area contributed by atoms with Gasteiger partial charge in [-0.2, -0.15) is 0 Å². The third-order valence-electron chi connectivity index (χ3n) is 2.83. The second-order valence-corrected chi connectivity index (χ2v) is 4.15. The highest BCUT2D eigenvalue weighted by molar-refractivity contribution is 5.99. The van der Waals surface area contributed by atoms with E-state index in [2.05, 4.69) is 0 Å². The van der Waals surface area contributed by atoms with E-state index in [1.165, 1.54) is 21.3 Å². The Kier molecular flexibility index (Phi) is 5.83. The second-order valence-electron chi connectivity index (χ2n) is 4.15. The van der Waals surface area contributed by atoms with E-state index in [-0.39, 0.29) is 18.6 Å². The minimum atomic E-state index is -0.419. The molecule has 6 nitrogen and oxygen atoms in total. The van der Waals surface area contributed by atoms with Crippen LogP contribution in [0.5, 0.6) is 17.2 Å². The Hall–Kier alpha value is -2.24. The number of rotatable bonds is 8. The van der Waals surface area contributed by atoms with Gasteiger partial charge in [-0.05, 0) is 12.5 Å². The quantitative estimate of drug-likeness (QED) is 0.730. The maximum absolute atomic E-state index is 12.1. The van der Waals surface area contributed by atoms with Crippen molar-refractivity contribution in [1.29, 1.82) is 0 Å². The SMILES string of the molecule is COc1cc(OC)c(C(=O)CCCC(N)=O)cc1OC. The standard InChI is InChI=1S/C14H19NO5/c1-18-11-8-13(20-3)12(19-2)7-9(11)10(16)5-4-6-14(15)17/h7-8H,4-6H2,1-3H3,(H2,15,17). The molecule has 0 unspecified atom stereocenters. The Balaban J connectivity index is 2.97. The lowest BCUT2D eigenvalue weighted by molar-refractivity contribution is -0.118. The Morgan fingerprint density at radius 2 is 1.50 bits per heavy atom. The lowest BCUT2D eigenvalue weighted by Gasteiger charge is -2.13. The van der Waals surface area contributed by atoms with Crippen molar-refractivity contribution in [2.75, 3.05) is 21.3 Å². The van der Waals surface area contributed by atoms with Gasteiger partial charge in [-0.25, -0.2) is 0 Å². The molecular weight excluding hydrogens is 262 g/mol. The molecule has 1 aromatic rings. The van der Waals surface area contributed by atoms with Crippen molar-refractivity contribution < 1.29 is 23.8 Å². The van der Waals surface area contributed by atoms with Crippen LogP contribution in [0, 0.1) is 0 Å². The van der Waals surface area contributed by atoms with Crippen LogP contribution in [0.1, 0.15) is 29.6 Å². The summed E-state index contributed by atoms with van der Waals surface area (Å²) >= 11 is 0. The number of carbonyl (C=O) groups is 2. The van der Waals surface area contributed by atoms with Crippen LogP contribution in [0.15, 0.2) is 12.1 Å². The summed E-state index contributed by atoms with van der Waals surface area (Å²) in [7, 11) is 4.47. The van der Waals surface area contributed by atoms with Crippen molar-refractivity contribution in [2.45, 2.75) is 19.3 Å². The number of hydrogen-bond acceptors (Lipinski definition) is 5. The number of hydrogen-bond donors (Lipinski definition) is 1. The summed E-state index contributed by atoms with van der Waals surface area (Å²) in [6, 6.07) is 3.17. The van der Waals surface area contributed by atoms with E-state index in [0.717, 1.165) is 0 Å². The molecule has 0 aliphatic rings. The van der Waals surface area contributed by atoms with Crippen LogP contribution < -0.4 is 19.9 Å². The molecule has 110 valence electrons. The molecule has 0 aliphatic heterocycles. The predicted octanol–water partition coefficient (Wildman–Crippen LogP) is 1.55. The zero-order chi connectivity index (χ0) is 15.1. The average molecular weight is 281 g/mol. The molecule has 1 rings (SSSR count). The summed E-state index contributed by atoms with van der Waals surface area (Å²) in [6.45, 7) is 0. The van der Waals surface area contributed by atoms with E-state index < -0.39 is 5.91 Å². The van der Waals surface area contributed by atoms with Crippen LogP contribution in [0.25, 0.3) is 0 Å². The Morgan fingerprint density at radius 3 is 2.00 bits per heavy atom. The van der Waals surface area contributed by atoms with E-state index >= 15 is 0 Å². The van der Waals surface area contributed by atoms with Crippen LogP contribution >= 0.6 is 0 Å². The molecule has 0 saturated carbocycles. The summed E-state index contributed by atoms with van der Waals surface area (Å²) < 4.78 is 15.5. The topological polar surface area (TPSA) is 87.9 Å². The number of ether oxygens (including phenoxy) is 3. The summed E-state index contributed by atoms with van der Waals surface area (Å²) in [5.74, 6) is 0.789. The molecule has 0 heterocycles. The lowest BCUT2D eigenvalue weighted by atomic mass is 10.0. The molecule has 1 amide bonds. The van der Waals surface area contributed by atoms with Crippen LogP contribution in [-0.4, -0.2) is 33.0 Å². The molecule has 0 aliphatic carbocycles. The van der Waals surface area contributed by atoms with Gasteiger partial charge in [-0.1, -0.05) is 0 Å². The van der Waals surface area contributed by atoms with Crippen LogP contribution in [0.4, 0.5) is 0 Å². The zero-order valence-corrected chi connectivity index (χ0v) is 11.9. The number of nitrogens with two attached hydrogens (primary N) is 1. The van der Waals surface area contributed by atoms with Crippen molar-refractivity contribution in [2.24, 2.45) is 5.73 Å². The second kappa shape index (κ2) is 7.37. The third kappa shape index (κ3) is 3.88. The smallest absolute Gasteiger partial charge is 0.217 e. The minimum Gasteiger partial charge on any atom is -0.496 e. The van der Waals surface area contributed by atoms with Crippen molar-refractivity contribution in [3.05, 3.63) is 17.7 Å². The zero-order valence-electron chi connectivity index (χ0n) is 11.9. The Morgan fingerprint density at radius 1 is 0.950 bits per heavy atom. The van der Waals surface area contributed by atoms with Gasteiger partial charge in [-0.15, -0.1) is 0 Å². The maximum Gasteiger partial charge on any atom is 0.217 e. The average Bonchev–Trinajstić information content (AvgIpc) is 2.45. The molecule has 0 fully saturated rings. The number of primary amides is 1. The summed E-state index contributed by atoms with van der Waals surface area (Å²) in [5.41, 5.74) is 5.44. The van der Waals surface area contributed by atoms with Gasteiger partial charge in [0.1, 0.15) is 5.75 Å². The molecule has 0 spiro atoms. The highest BCUT2D eigenvalue weighted by Gasteiger charge is 2.17. The largest absolute Gasteiger partial charge is 0.496 e. The molecule has 1 aromatic carbocycles. The first-order valence-corrected chi connectivity index (χ1v) is 6.15. The minimum absolute atomic E-state index is 0.135. The summed E-state index contributed by atoms with van der Waals surface area (Å²) in [4.78, 5) is 22.8. The van der Waals surface area contributed by atoms with E-state index in [4.69, 9.17) is 19.9 Å². The number of Topliss-reactive ketones (excluding diaryl/α,β-unsaturated/α-hetero) is 1. The third-order valence-corrected chi connectivity index (χ3v) is 2.83. The summed E-state index contributed by atoms with van der Waals surface area (Å²) in [6.07, 6.45) is 0.807.